The summed E-state index contributed by atoms with van der Waals surface area (Å²) in [5.41, 5.74) is 18.6. The zero-order chi connectivity index (χ0) is 33.8. The van der Waals surface area contributed by atoms with Gasteiger partial charge in [-0.25, -0.2) is 4.79 Å². The minimum absolute atomic E-state index is 0.0202. The number of nitrogens with two attached hydrogens (primary N) is 3. The van der Waals surface area contributed by atoms with Gasteiger partial charge in [-0.05, 0) is 48.6 Å². The summed E-state index contributed by atoms with van der Waals surface area (Å²) in [7, 11) is 0. The Hall–Kier alpha value is -5.64. The van der Waals surface area contributed by atoms with Gasteiger partial charge in [0.15, 0.2) is 5.96 Å². The molecule has 4 atom stereocenters. The first kappa shape index (κ1) is 34.8. The molecule has 0 aliphatic carbocycles. The van der Waals surface area contributed by atoms with E-state index in [1.807, 2.05) is 6.07 Å². The number of fused-ring (bicyclic) bond motifs is 1. The number of aromatic amines is 1. The van der Waals surface area contributed by atoms with Crippen molar-refractivity contribution in [1.82, 2.24) is 20.9 Å². The van der Waals surface area contributed by atoms with Crippen LogP contribution in [0.4, 0.5) is 0 Å². The molecule has 1 heterocycles. The molecule has 0 saturated carbocycles. The van der Waals surface area contributed by atoms with Crippen LogP contribution in [-0.2, 0) is 36.8 Å². The van der Waals surface area contributed by atoms with Crippen molar-refractivity contribution < 1.29 is 39.3 Å². The molecule has 0 aliphatic heterocycles. The molecule has 3 rings (SSSR count). The number of aromatic nitrogens is 1. The van der Waals surface area contributed by atoms with Crippen molar-refractivity contribution in [3.05, 3.63) is 65.9 Å². The topological polar surface area (TPSA) is 288 Å². The van der Waals surface area contributed by atoms with Crippen molar-refractivity contribution >= 4 is 46.5 Å². The molecular weight excluding hydrogens is 600 g/mol. The van der Waals surface area contributed by atoms with Crippen LogP contribution in [0.5, 0.6) is 5.75 Å². The van der Waals surface area contributed by atoms with Crippen LogP contribution in [0.1, 0.15) is 30.4 Å². The van der Waals surface area contributed by atoms with Crippen LogP contribution in [-0.4, -0.2) is 86.6 Å². The molecule has 4 unspecified atom stereocenters. The number of phenolic OH excluding ortho intramolecular Hbond substituents is 1. The molecule has 3 aromatic rings. The van der Waals surface area contributed by atoms with Gasteiger partial charge in [-0.15, -0.1) is 0 Å². The lowest BCUT2D eigenvalue weighted by Gasteiger charge is -2.25. The normalized spacial score (nSPS) is 13.5. The molecule has 13 N–H and O–H groups in total. The number of hydrogen-bond donors (Lipinski definition) is 10. The number of aliphatic carboxylic acids is 2. The Bertz CT molecular complexity index is 1570. The van der Waals surface area contributed by atoms with Gasteiger partial charge in [-0.1, -0.05) is 30.3 Å². The van der Waals surface area contributed by atoms with E-state index < -0.39 is 60.2 Å². The van der Waals surface area contributed by atoms with E-state index in [1.165, 1.54) is 12.1 Å². The summed E-state index contributed by atoms with van der Waals surface area (Å²) < 4.78 is 0. The summed E-state index contributed by atoms with van der Waals surface area (Å²) in [6.45, 7) is 0.128. The number of carbonyl (C=O) groups is 5. The zero-order valence-corrected chi connectivity index (χ0v) is 24.8. The second-order valence-corrected chi connectivity index (χ2v) is 10.6. The van der Waals surface area contributed by atoms with Gasteiger partial charge in [-0.2, -0.15) is 0 Å². The quantitative estimate of drug-likeness (QED) is 0.0488. The highest BCUT2D eigenvalue weighted by Crippen LogP contribution is 2.19. The van der Waals surface area contributed by atoms with Crippen LogP contribution in [0.25, 0.3) is 10.9 Å². The van der Waals surface area contributed by atoms with Crippen molar-refractivity contribution in [2.24, 2.45) is 22.2 Å². The van der Waals surface area contributed by atoms with E-state index in [9.17, 15) is 39.3 Å². The number of carbonyl (C=O) groups excluding carboxylic acids is 3. The lowest BCUT2D eigenvalue weighted by molar-refractivity contribution is -0.143. The smallest absolute Gasteiger partial charge is 0.326 e. The first-order valence-electron chi connectivity index (χ1n) is 14.3. The zero-order valence-electron chi connectivity index (χ0n) is 24.8. The Morgan fingerprint density at radius 2 is 1.46 bits per heavy atom. The number of aliphatic imine (C=N–C) groups is 1. The molecule has 0 radical (unpaired) electrons. The predicted octanol–water partition coefficient (Wildman–Crippen LogP) is -0.947. The maximum Gasteiger partial charge on any atom is 0.326 e. The highest BCUT2D eigenvalue weighted by atomic mass is 16.4. The van der Waals surface area contributed by atoms with Crippen LogP contribution < -0.4 is 33.2 Å². The van der Waals surface area contributed by atoms with Gasteiger partial charge in [0.1, 0.15) is 23.9 Å². The number of carboxylic acids is 2. The molecule has 2 aromatic carbocycles. The second kappa shape index (κ2) is 16.4. The second-order valence-electron chi connectivity index (χ2n) is 10.6. The van der Waals surface area contributed by atoms with Crippen molar-refractivity contribution in [1.29, 1.82) is 0 Å². The van der Waals surface area contributed by atoms with Crippen molar-refractivity contribution in [3.63, 3.8) is 0 Å². The SMILES string of the molecule is NC(N)=NCCCC(NC(=O)C(Cc1c[nH]c2ccccc12)NC(=O)C(CC(=O)O)NC(=O)C(N)Cc1ccc(O)cc1)C(=O)O. The molecule has 0 fully saturated rings. The third-order valence-corrected chi connectivity index (χ3v) is 7.03. The maximum atomic E-state index is 13.5. The van der Waals surface area contributed by atoms with Gasteiger partial charge in [-0.3, -0.25) is 24.2 Å². The monoisotopic (exact) mass is 638 g/mol. The fourth-order valence-electron chi connectivity index (χ4n) is 4.68. The Balaban J connectivity index is 1.80. The number of amides is 3. The third kappa shape index (κ3) is 10.5. The van der Waals surface area contributed by atoms with E-state index >= 15 is 0 Å². The number of benzene rings is 2. The van der Waals surface area contributed by atoms with E-state index in [2.05, 4.69) is 25.9 Å². The van der Waals surface area contributed by atoms with Gasteiger partial charge in [0.25, 0.3) is 0 Å². The molecule has 0 saturated heterocycles. The van der Waals surface area contributed by atoms with Gasteiger partial charge < -0.3 is 53.5 Å². The average molecular weight is 639 g/mol. The third-order valence-electron chi connectivity index (χ3n) is 7.03. The number of hydrogen-bond acceptors (Lipinski definition) is 8. The van der Waals surface area contributed by atoms with Crippen molar-refractivity contribution in [2.75, 3.05) is 6.54 Å². The number of H-pyrrole nitrogens is 1. The molecule has 0 bridgehead atoms. The number of aromatic hydroxyl groups is 1. The van der Waals surface area contributed by atoms with E-state index in [-0.39, 0.29) is 43.9 Å². The fraction of sp³-hybridized carbons (Fsp3) is 0.333. The fourth-order valence-corrected chi connectivity index (χ4v) is 4.68. The Morgan fingerprint density at radius 3 is 2.11 bits per heavy atom. The molecule has 3 amide bonds. The van der Waals surface area contributed by atoms with Crippen molar-refractivity contribution in [2.45, 2.75) is 56.3 Å². The Kier molecular flexibility index (Phi) is 12.5. The summed E-state index contributed by atoms with van der Waals surface area (Å²) in [5.74, 6) is -5.54. The number of carboxylic acid groups (broad SMARTS) is 2. The summed E-state index contributed by atoms with van der Waals surface area (Å²) in [5, 5.41) is 36.7. The van der Waals surface area contributed by atoms with Crippen LogP contribution in [0, 0.1) is 0 Å². The van der Waals surface area contributed by atoms with Crippen LogP contribution in [0.3, 0.4) is 0 Å². The first-order chi connectivity index (χ1) is 21.8. The molecule has 1 aromatic heterocycles. The summed E-state index contributed by atoms with van der Waals surface area (Å²) in [4.78, 5) is 70.2. The van der Waals surface area contributed by atoms with Crippen LogP contribution in [0.15, 0.2) is 59.7 Å². The first-order valence-corrected chi connectivity index (χ1v) is 14.3. The molecule has 16 heteroatoms. The average Bonchev–Trinajstić information content (AvgIpc) is 3.41. The maximum absolute atomic E-state index is 13.5. The molecular formula is C30H38N8O8. The minimum atomic E-state index is -1.62. The van der Waals surface area contributed by atoms with Gasteiger partial charge >= 0.3 is 11.9 Å². The molecule has 16 nitrogen and oxygen atoms in total. The largest absolute Gasteiger partial charge is 0.508 e. The number of rotatable bonds is 17. The van der Waals surface area contributed by atoms with Crippen LogP contribution >= 0.6 is 0 Å². The van der Waals surface area contributed by atoms with Gasteiger partial charge in [0, 0.05) is 30.1 Å². The number of guanidine groups is 1. The number of nitrogens with zero attached hydrogens (tertiary/aromatic N) is 1. The lowest BCUT2D eigenvalue weighted by atomic mass is 10.0. The molecule has 46 heavy (non-hydrogen) atoms. The lowest BCUT2D eigenvalue weighted by Crippen LogP contribution is -2.58. The number of phenols is 1. The van der Waals surface area contributed by atoms with E-state index in [1.54, 1.807) is 36.5 Å². The molecule has 0 aliphatic rings. The van der Waals surface area contributed by atoms with E-state index in [4.69, 9.17) is 17.2 Å². The minimum Gasteiger partial charge on any atom is -0.508 e. The Morgan fingerprint density at radius 1 is 0.826 bits per heavy atom. The highest BCUT2D eigenvalue weighted by Gasteiger charge is 2.32. The van der Waals surface area contributed by atoms with Crippen LogP contribution in [0.2, 0.25) is 0 Å². The molecule has 246 valence electrons. The van der Waals surface area contributed by atoms with Gasteiger partial charge in [0.05, 0.1) is 12.5 Å². The summed E-state index contributed by atoms with van der Waals surface area (Å²) in [6, 6.07) is 7.63. The van der Waals surface area contributed by atoms with E-state index in [0.717, 1.165) is 10.9 Å². The van der Waals surface area contributed by atoms with Gasteiger partial charge in [0.2, 0.25) is 17.7 Å². The van der Waals surface area contributed by atoms with Crippen molar-refractivity contribution in [3.8, 4) is 5.75 Å². The van der Waals surface area contributed by atoms with E-state index in [0.29, 0.717) is 11.1 Å². The Labute approximate surface area is 263 Å². The predicted molar refractivity (Wildman–Crippen MR) is 167 cm³/mol. The number of para-hydroxylation sites is 1. The summed E-state index contributed by atoms with van der Waals surface area (Å²) >= 11 is 0. The number of nitrogens with one attached hydrogen (secondary N) is 4. The molecule has 0 spiro atoms. The standard InChI is InChI=1S/C30H38N8O8/c31-20(12-16-7-9-18(39)10-8-16)26(42)37-24(14-25(40)41)28(44)38-23(13-17-15-35-21-5-2-1-4-19(17)21)27(43)36-22(29(45)46)6-3-11-34-30(32)33/h1-2,4-5,7-10,15,20,22-24,35,39H,3,6,11-14,31H2,(H,36,43)(H,37,42)(H,38,44)(H,40,41)(H,45,46)(H4,32,33,34). The summed E-state index contributed by atoms with van der Waals surface area (Å²) in [6.07, 6.45) is 0.941. The highest BCUT2D eigenvalue weighted by molar-refractivity contribution is 5.96.